The fourth-order valence-corrected chi connectivity index (χ4v) is 1.74. The molecule has 0 aromatic heterocycles. The minimum absolute atomic E-state index is 0.934. The molecule has 0 amide bonds. The summed E-state index contributed by atoms with van der Waals surface area (Å²) in [7, 11) is 2.66. The number of aryl methyl sites for hydroxylation is 1. The highest BCUT2D eigenvalue weighted by Gasteiger charge is 2.00. The summed E-state index contributed by atoms with van der Waals surface area (Å²) in [6, 6.07) is 6.50. The molecule has 1 heteroatoms. The summed E-state index contributed by atoms with van der Waals surface area (Å²) in [4.78, 5) is 0. The summed E-state index contributed by atoms with van der Waals surface area (Å²) >= 11 is 0. The molecule has 0 aliphatic rings. The maximum atomic E-state index is 3.93. The van der Waals surface area contributed by atoms with Gasteiger partial charge in [-0.15, -0.1) is 5.73 Å². The molecule has 0 fully saturated rings. The lowest BCUT2D eigenvalue weighted by Gasteiger charge is -2.06. The molecule has 0 spiro atoms. The van der Waals surface area contributed by atoms with Crippen LogP contribution in [-0.4, -0.2) is 0 Å². The molecule has 0 bridgehead atoms. The molecule has 0 saturated carbocycles. The van der Waals surface area contributed by atoms with Crippen molar-refractivity contribution in [1.29, 1.82) is 0 Å². The molecule has 1 atom stereocenters. The Morgan fingerprint density at radius 1 is 1.40 bits per heavy atom. The van der Waals surface area contributed by atoms with Crippen LogP contribution in [0.25, 0.3) is 5.31 Å². The molecule has 1 unspecified atom stereocenters. The molecule has 1 aromatic rings. The summed E-state index contributed by atoms with van der Waals surface area (Å²) in [5, 5.41) is 1.02. The van der Waals surface area contributed by atoms with Gasteiger partial charge in [-0.3, -0.25) is 0 Å². The summed E-state index contributed by atoms with van der Waals surface area (Å²) in [5.41, 5.74) is 7.81. The summed E-state index contributed by atoms with van der Waals surface area (Å²) in [5.74, 6) is 0. The zero-order chi connectivity index (χ0) is 11.4. The lowest BCUT2D eigenvalue weighted by Crippen LogP contribution is -1.89. The van der Waals surface area contributed by atoms with Crippen molar-refractivity contribution in [2.75, 3.05) is 0 Å². The van der Waals surface area contributed by atoms with E-state index in [1.54, 1.807) is 0 Å². The Labute approximate surface area is 94.6 Å². The Morgan fingerprint density at radius 2 is 2.07 bits per heavy atom. The van der Waals surface area contributed by atoms with E-state index < -0.39 is 0 Å². The topological polar surface area (TPSA) is 0 Å². The minimum Gasteiger partial charge on any atom is -0.120 e. The molecule has 0 heterocycles. The Balaban J connectivity index is 3.16. The van der Waals surface area contributed by atoms with Crippen LogP contribution in [0.4, 0.5) is 0 Å². The Bertz CT molecular complexity index is 435. The molecule has 0 aliphatic heterocycles. The van der Waals surface area contributed by atoms with Gasteiger partial charge in [0.05, 0.1) is 0 Å². The maximum absolute atomic E-state index is 3.93. The van der Waals surface area contributed by atoms with Crippen molar-refractivity contribution in [3.05, 3.63) is 59.4 Å². The van der Waals surface area contributed by atoms with Crippen molar-refractivity contribution in [3.8, 4) is 0 Å². The number of hydrogen-bond acceptors (Lipinski definition) is 0. The standard InChI is InChI=1S/C14H17P/c1-5-14(15)13-8-11(4)7-12(9-13)6-10(2)3/h7-9H,1-2,6,15H2,3-4H3. The maximum Gasteiger partial charge on any atom is 0.0178 e. The van der Waals surface area contributed by atoms with Gasteiger partial charge in [0.25, 0.3) is 0 Å². The largest absolute Gasteiger partial charge is 0.120 e. The van der Waals surface area contributed by atoms with Crippen LogP contribution < -0.4 is 0 Å². The highest BCUT2D eigenvalue weighted by Crippen LogP contribution is 2.23. The first kappa shape index (κ1) is 12.0. The van der Waals surface area contributed by atoms with E-state index in [9.17, 15) is 0 Å². The van der Waals surface area contributed by atoms with E-state index in [2.05, 4.69) is 53.3 Å². The van der Waals surface area contributed by atoms with Crippen LogP contribution in [0.15, 0.2) is 42.7 Å². The van der Waals surface area contributed by atoms with Gasteiger partial charge >= 0.3 is 0 Å². The molecular formula is C14H17P. The van der Waals surface area contributed by atoms with Crippen LogP contribution in [0.1, 0.15) is 23.6 Å². The predicted octanol–water partition coefficient (Wildman–Crippen LogP) is 4.11. The lowest BCUT2D eigenvalue weighted by molar-refractivity contribution is 1.14. The Morgan fingerprint density at radius 3 is 2.60 bits per heavy atom. The molecule has 78 valence electrons. The quantitative estimate of drug-likeness (QED) is 0.405. The van der Waals surface area contributed by atoms with Crippen molar-refractivity contribution >= 4 is 14.6 Å². The number of rotatable bonds is 3. The van der Waals surface area contributed by atoms with Gasteiger partial charge in [0.1, 0.15) is 0 Å². The SMILES string of the molecule is C=C=C(P)c1cc(C)cc(CC(=C)C)c1. The Kier molecular flexibility index (Phi) is 4.09. The van der Waals surface area contributed by atoms with E-state index in [1.807, 2.05) is 6.92 Å². The van der Waals surface area contributed by atoms with Gasteiger partial charge in [-0.1, -0.05) is 51.7 Å². The van der Waals surface area contributed by atoms with Crippen molar-refractivity contribution in [1.82, 2.24) is 0 Å². The van der Waals surface area contributed by atoms with Crippen LogP contribution in [0.3, 0.4) is 0 Å². The first-order valence-electron chi connectivity index (χ1n) is 4.93. The lowest BCUT2D eigenvalue weighted by atomic mass is 10.0. The second kappa shape index (κ2) is 5.12. The minimum atomic E-state index is 0.934. The van der Waals surface area contributed by atoms with Gasteiger partial charge in [0, 0.05) is 5.31 Å². The molecular weight excluding hydrogens is 199 g/mol. The van der Waals surface area contributed by atoms with Gasteiger partial charge in [0.2, 0.25) is 0 Å². The predicted molar refractivity (Wildman–Crippen MR) is 72.0 cm³/mol. The average molecular weight is 216 g/mol. The first-order chi connectivity index (χ1) is 7.02. The fraction of sp³-hybridized carbons (Fsp3) is 0.214. The second-order valence-corrected chi connectivity index (χ2v) is 4.51. The van der Waals surface area contributed by atoms with Crippen LogP contribution in [0.2, 0.25) is 0 Å². The number of allylic oxidation sites excluding steroid dienone is 1. The second-order valence-electron chi connectivity index (χ2n) is 3.93. The van der Waals surface area contributed by atoms with E-state index in [4.69, 9.17) is 0 Å². The summed E-state index contributed by atoms with van der Waals surface area (Å²) in [6.45, 7) is 11.7. The third-order valence-electron chi connectivity index (χ3n) is 2.14. The van der Waals surface area contributed by atoms with E-state index in [0.717, 1.165) is 11.7 Å². The number of hydrogen-bond donors (Lipinski definition) is 0. The zero-order valence-electron chi connectivity index (χ0n) is 9.43. The molecule has 0 aliphatic carbocycles. The molecule has 0 nitrogen and oxygen atoms in total. The summed E-state index contributed by atoms with van der Waals surface area (Å²) in [6.07, 6.45) is 0.934. The normalized spacial score (nSPS) is 9.53. The average Bonchev–Trinajstić information content (AvgIpc) is 2.14. The molecule has 0 N–H and O–H groups in total. The van der Waals surface area contributed by atoms with E-state index in [-0.39, 0.29) is 0 Å². The first-order valence-corrected chi connectivity index (χ1v) is 5.51. The molecule has 1 rings (SSSR count). The van der Waals surface area contributed by atoms with Crippen molar-refractivity contribution in [2.45, 2.75) is 20.3 Å². The van der Waals surface area contributed by atoms with Crippen molar-refractivity contribution in [2.24, 2.45) is 0 Å². The summed E-state index contributed by atoms with van der Waals surface area (Å²) < 4.78 is 0. The van der Waals surface area contributed by atoms with Crippen molar-refractivity contribution < 1.29 is 0 Å². The van der Waals surface area contributed by atoms with Gasteiger partial charge in [-0.05, 0) is 31.4 Å². The van der Waals surface area contributed by atoms with Crippen LogP contribution in [-0.2, 0) is 6.42 Å². The molecule has 1 aromatic carbocycles. The third-order valence-corrected chi connectivity index (χ3v) is 2.68. The van der Waals surface area contributed by atoms with Gasteiger partial charge < -0.3 is 0 Å². The molecule has 0 saturated heterocycles. The van der Waals surface area contributed by atoms with Gasteiger partial charge in [-0.2, -0.15) is 0 Å². The smallest absolute Gasteiger partial charge is 0.0178 e. The van der Waals surface area contributed by atoms with Crippen LogP contribution in [0, 0.1) is 6.92 Å². The van der Waals surface area contributed by atoms with Gasteiger partial charge in [0.15, 0.2) is 0 Å². The number of benzene rings is 1. The molecule has 15 heavy (non-hydrogen) atoms. The third kappa shape index (κ3) is 3.51. The van der Waals surface area contributed by atoms with E-state index in [1.165, 1.54) is 22.3 Å². The van der Waals surface area contributed by atoms with Crippen LogP contribution >= 0.6 is 9.24 Å². The van der Waals surface area contributed by atoms with E-state index >= 15 is 0 Å². The zero-order valence-corrected chi connectivity index (χ0v) is 10.6. The molecule has 0 radical (unpaired) electrons. The highest BCUT2D eigenvalue weighted by atomic mass is 31.0. The van der Waals surface area contributed by atoms with Crippen LogP contribution in [0.5, 0.6) is 0 Å². The fourth-order valence-electron chi connectivity index (χ4n) is 1.57. The van der Waals surface area contributed by atoms with E-state index in [0.29, 0.717) is 0 Å². The monoisotopic (exact) mass is 216 g/mol. The van der Waals surface area contributed by atoms with Gasteiger partial charge in [-0.25, -0.2) is 0 Å². The van der Waals surface area contributed by atoms with Crippen molar-refractivity contribution in [3.63, 3.8) is 0 Å². The Hall–Kier alpha value is -1.09. The highest BCUT2D eigenvalue weighted by molar-refractivity contribution is 7.31.